The van der Waals surface area contributed by atoms with Crippen LogP contribution in [0.1, 0.15) is 19.9 Å². The standard InChI is InChI=1S/C23H21N7/c1-15(2)30-14-25-19-21(26-17-9-4-3-5-10-17)28-23(29-22(19)30)27-20-18-11-7-6-8-16(18)12-13-24-20/h3-15H,1-2H3,(H2,24,26,27,28,29). The summed E-state index contributed by atoms with van der Waals surface area (Å²) in [5.41, 5.74) is 2.43. The normalized spacial score (nSPS) is 11.3. The van der Waals surface area contributed by atoms with E-state index >= 15 is 0 Å². The topological polar surface area (TPSA) is 80.5 Å². The van der Waals surface area contributed by atoms with Crippen molar-refractivity contribution in [2.24, 2.45) is 0 Å². The number of aromatic nitrogens is 5. The Morgan fingerprint density at radius 3 is 2.43 bits per heavy atom. The highest BCUT2D eigenvalue weighted by Gasteiger charge is 2.16. The Bertz CT molecular complexity index is 1320. The van der Waals surface area contributed by atoms with Gasteiger partial charge >= 0.3 is 0 Å². The molecule has 0 aliphatic carbocycles. The van der Waals surface area contributed by atoms with Crippen molar-refractivity contribution in [3.05, 3.63) is 73.2 Å². The number of nitrogens with zero attached hydrogens (tertiary/aromatic N) is 5. The van der Waals surface area contributed by atoms with Crippen molar-refractivity contribution in [2.45, 2.75) is 19.9 Å². The molecule has 0 amide bonds. The zero-order valence-corrected chi connectivity index (χ0v) is 16.7. The molecule has 5 aromatic rings. The highest BCUT2D eigenvalue weighted by molar-refractivity contribution is 5.93. The molecule has 0 bridgehead atoms. The van der Waals surface area contributed by atoms with Crippen molar-refractivity contribution in [3.63, 3.8) is 0 Å². The molecular weight excluding hydrogens is 374 g/mol. The Labute approximate surface area is 173 Å². The van der Waals surface area contributed by atoms with E-state index < -0.39 is 0 Å². The van der Waals surface area contributed by atoms with Gasteiger partial charge in [-0.2, -0.15) is 9.97 Å². The van der Waals surface area contributed by atoms with Crippen LogP contribution in [0.3, 0.4) is 0 Å². The van der Waals surface area contributed by atoms with Gasteiger partial charge in [-0.25, -0.2) is 9.97 Å². The maximum atomic E-state index is 4.76. The minimum Gasteiger partial charge on any atom is -0.338 e. The molecule has 30 heavy (non-hydrogen) atoms. The van der Waals surface area contributed by atoms with Gasteiger partial charge in [0.1, 0.15) is 5.82 Å². The van der Waals surface area contributed by atoms with Crippen LogP contribution in [0.4, 0.5) is 23.3 Å². The minimum absolute atomic E-state index is 0.220. The molecule has 5 rings (SSSR count). The van der Waals surface area contributed by atoms with Crippen LogP contribution in [0.15, 0.2) is 73.2 Å². The zero-order chi connectivity index (χ0) is 20.5. The van der Waals surface area contributed by atoms with Crippen molar-refractivity contribution in [1.82, 2.24) is 24.5 Å². The number of rotatable bonds is 5. The first-order valence-corrected chi connectivity index (χ1v) is 9.86. The lowest BCUT2D eigenvalue weighted by molar-refractivity contribution is 0.613. The van der Waals surface area contributed by atoms with Gasteiger partial charge in [-0.1, -0.05) is 42.5 Å². The summed E-state index contributed by atoms with van der Waals surface area (Å²) < 4.78 is 2.04. The fraction of sp³-hybridized carbons (Fsp3) is 0.130. The van der Waals surface area contributed by atoms with Gasteiger partial charge in [0.2, 0.25) is 5.95 Å². The molecule has 2 N–H and O–H groups in total. The van der Waals surface area contributed by atoms with Crippen molar-refractivity contribution in [2.75, 3.05) is 10.6 Å². The zero-order valence-electron chi connectivity index (χ0n) is 16.7. The van der Waals surface area contributed by atoms with Crippen molar-refractivity contribution >= 4 is 45.2 Å². The van der Waals surface area contributed by atoms with Gasteiger partial charge in [0.25, 0.3) is 0 Å². The molecule has 2 aromatic carbocycles. The largest absolute Gasteiger partial charge is 0.338 e. The molecule has 0 saturated heterocycles. The van der Waals surface area contributed by atoms with Gasteiger partial charge < -0.3 is 15.2 Å². The van der Waals surface area contributed by atoms with E-state index in [0.29, 0.717) is 17.6 Å². The van der Waals surface area contributed by atoms with Gasteiger partial charge in [0, 0.05) is 23.3 Å². The number of anilines is 4. The average Bonchev–Trinajstić information content (AvgIpc) is 3.19. The Morgan fingerprint density at radius 1 is 0.800 bits per heavy atom. The molecule has 3 aromatic heterocycles. The van der Waals surface area contributed by atoms with Crippen LogP contribution in [0, 0.1) is 0 Å². The second-order valence-electron chi connectivity index (χ2n) is 7.31. The monoisotopic (exact) mass is 395 g/mol. The van der Waals surface area contributed by atoms with E-state index in [1.54, 1.807) is 12.5 Å². The smallest absolute Gasteiger partial charge is 0.232 e. The minimum atomic E-state index is 0.220. The number of nitrogens with one attached hydrogen (secondary N) is 2. The molecule has 148 valence electrons. The van der Waals surface area contributed by atoms with E-state index in [-0.39, 0.29) is 6.04 Å². The molecule has 0 aliphatic rings. The first kappa shape index (κ1) is 18.1. The fourth-order valence-corrected chi connectivity index (χ4v) is 3.42. The summed E-state index contributed by atoms with van der Waals surface area (Å²) >= 11 is 0. The summed E-state index contributed by atoms with van der Waals surface area (Å²) in [5.74, 6) is 1.83. The number of pyridine rings is 1. The average molecular weight is 395 g/mol. The first-order chi connectivity index (χ1) is 14.7. The Balaban J connectivity index is 1.63. The number of hydrogen-bond donors (Lipinski definition) is 2. The summed E-state index contributed by atoms with van der Waals surface area (Å²) in [4.78, 5) is 18.6. The van der Waals surface area contributed by atoms with E-state index in [1.807, 2.05) is 59.2 Å². The molecule has 0 saturated carbocycles. The number of fused-ring (bicyclic) bond motifs is 2. The van der Waals surface area contributed by atoms with Crippen molar-refractivity contribution in [3.8, 4) is 0 Å². The first-order valence-electron chi connectivity index (χ1n) is 9.86. The van der Waals surface area contributed by atoms with Crippen LogP contribution in [0.5, 0.6) is 0 Å². The third-order valence-corrected chi connectivity index (χ3v) is 4.92. The lowest BCUT2D eigenvalue weighted by atomic mass is 10.1. The van der Waals surface area contributed by atoms with Gasteiger partial charge in [0.05, 0.1) is 6.33 Å². The summed E-state index contributed by atoms with van der Waals surface area (Å²) in [5, 5.41) is 8.80. The maximum absolute atomic E-state index is 4.76. The van der Waals surface area contributed by atoms with Crippen molar-refractivity contribution in [1.29, 1.82) is 0 Å². The maximum Gasteiger partial charge on any atom is 0.232 e. The van der Waals surface area contributed by atoms with Crippen LogP contribution < -0.4 is 10.6 Å². The molecular formula is C23H21N7. The van der Waals surface area contributed by atoms with E-state index in [1.165, 1.54) is 0 Å². The third-order valence-electron chi connectivity index (χ3n) is 4.92. The van der Waals surface area contributed by atoms with Crippen LogP contribution >= 0.6 is 0 Å². The SMILES string of the molecule is CC(C)n1cnc2c(Nc3ccccc3)nc(Nc3nccc4ccccc34)nc21. The number of benzene rings is 2. The predicted octanol–water partition coefficient (Wildman–Crippen LogP) is 5.44. The Hall–Kier alpha value is -4.00. The van der Waals surface area contributed by atoms with Crippen LogP contribution in [-0.4, -0.2) is 24.5 Å². The van der Waals surface area contributed by atoms with E-state index in [0.717, 1.165) is 27.6 Å². The quantitative estimate of drug-likeness (QED) is 0.412. The second kappa shape index (κ2) is 7.44. The molecule has 3 heterocycles. The van der Waals surface area contributed by atoms with Crippen molar-refractivity contribution < 1.29 is 0 Å². The van der Waals surface area contributed by atoms with Gasteiger partial charge in [-0.15, -0.1) is 0 Å². The van der Waals surface area contributed by atoms with E-state index in [4.69, 9.17) is 9.97 Å². The highest BCUT2D eigenvalue weighted by atomic mass is 15.2. The molecule has 7 nitrogen and oxygen atoms in total. The number of hydrogen-bond acceptors (Lipinski definition) is 6. The Kier molecular flexibility index (Phi) is 4.48. The second-order valence-corrected chi connectivity index (χ2v) is 7.31. The number of imidazole rings is 1. The predicted molar refractivity (Wildman–Crippen MR) is 120 cm³/mol. The summed E-state index contributed by atoms with van der Waals surface area (Å²) in [6.07, 6.45) is 3.59. The lowest BCUT2D eigenvalue weighted by Gasteiger charge is -2.12. The fourth-order valence-electron chi connectivity index (χ4n) is 3.42. The molecule has 0 spiro atoms. The molecule has 0 aliphatic heterocycles. The van der Waals surface area contributed by atoms with E-state index in [9.17, 15) is 0 Å². The van der Waals surface area contributed by atoms with Crippen LogP contribution in [-0.2, 0) is 0 Å². The summed E-state index contributed by atoms with van der Waals surface area (Å²) in [6.45, 7) is 4.21. The van der Waals surface area contributed by atoms with Gasteiger partial charge in [-0.05, 0) is 37.4 Å². The van der Waals surface area contributed by atoms with Gasteiger partial charge in [0.15, 0.2) is 17.0 Å². The third kappa shape index (κ3) is 3.30. The summed E-state index contributed by atoms with van der Waals surface area (Å²) in [7, 11) is 0. The van der Waals surface area contributed by atoms with Gasteiger partial charge in [-0.3, -0.25) is 0 Å². The molecule has 0 unspecified atom stereocenters. The molecule has 0 radical (unpaired) electrons. The van der Waals surface area contributed by atoms with Crippen LogP contribution in [0.25, 0.3) is 21.9 Å². The van der Waals surface area contributed by atoms with E-state index in [2.05, 4.69) is 40.5 Å². The lowest BCUT2D eigenvalue weighted by Crippen LogP contribution is -2.06. The molecule has 0 atom stereocenters. The molecule has 7 heteroatoms. The Morgan fingerprint density at radius 2 is 1.60 bits per heavy atom. The summed E-state index contributed by atoms with van der Waals surface area (Å²) in [6, 6.07) is 20.2. The number of para-hydroxylation sites is 1. The van der Waals surface area contributed by atoms with Crippen LogP contribution in [0.2, 0.25) is 0 Å². The highest BCUT2D eigenvalue weighted by Crippen LogP contribution is 2.28. The molecule has 0 fully saturated rings.